The molecular weight excluding hydrogens is 269 g/mol. The van der Waals surface area contributed by atoms with E-state index in [-0.39, 0.29) is 11.9 Å². The Bertz CT molecular complexity index is 754. The Kier molecular flexibility index (Phi) is 3.51. The molecule has 21 heavy (non-hydrogen) atoms. The number of anilines is 1. The van der Waals surface area contributed by atoms with Crippen molar-refractivity contribution in [1.29, 1.82) is 0 Å². The van der Waals surface area contributed by atoms with Gasteiger partial charge in [-0.2, -0.15) is 5.10 Å². The molecule has 6 heteroatoms. The van der Waals surface area contributed by atoms with Crippen LogP contribution in [0, 0.1) is 5.82 Å². The number of nitrogens with zero attached hydrogens (tertiary/aromatic N) is 4. The lowest BCUT2D eigenvalue weighted by molar-refractivity contribution is 0.620. The Balaban J connectivity index is 1.84. The van der Waals surface area contributed by atoms with E-state index in [1.54, 1.807) is 18.3 Å². The number of rotatable bonds is 4. The second-order valence-electron chi connectivity index (χ2n) is 5.12. The van der Waals surface area contributed by atoms with Gasteiger partial charge in [0.25, 0.3) is 0 Å². The first-order valence-corrected chi connectivity index (χ1v) is 6.76. The van der Waals surface area contributed by atoms with Crippen molar-refractivity contribution in [3.05, 3.63) is 48.2 Å². The van der Waals surface area contributed by atoms with Crippen molar-refractivity contribution in [2.75, 3.05) is 11.9 Å². The molecular formula is C15H16FN5. The van der Waals surface area contributed by atoms with Crippen LogP contribution in [0.3, 0.4) is 0 Å². The monoisotopic (exact) mass is 285 g/mol. The summed E-state index contributed by atoms with van der Waals surface area (Å²) in [4.78, 5) is 10.5. The Hall–Kier alpha value is -2.50. The molecule has 0 amide bonds. The summed E-state index contributed by atoms with van der Waals surface area (Å²) >= 11 is 0. The molecule has 0 radical (unpaired) electrons. The molecule has 0 aliphatic carbocycles. The molecule has 0 saturated carbocycles. The van der Waals surface area contributed by atoms with Crippen LogP contribution in [0.25, 0.3) is 11.0 Å². The lowest BCUT2D eigenvalue weighted by Gasteiger charge is -2.26. The smallest absolute Gasteiger partial charge is 0.160 e. The molecule has 2 heterocycles. The zero-order chi connectivity index (χ0) is 14.8. The number of aromatic amines is 1. The minimum Gasteiger partial charge on any atom is -0.356 e. The Labute approximate surface area is 121 Å². The predicted molar refractivity (Wildman–Crippen MR) is 79.7 cm³/mol. The third kappa shape index (κ3) is 2.69. The fourth-order valence-electron chi connectivity index (χ4n) is 2.38. The minimum atomic E-state index is -0.207. The van der Waals surface area contributed by atoms with E-state index in [0.717, 1.165) is 23.2 Å². The van der Waals surface area contributed by atoms with Crippen molar-refractivity contribution in [2.45, 2.75) is 19.4 Å². The average molecular weight is 285 g/mol. The summed E-state index contributed by atoms with van der Waals surface area (Å²) in [7, 11) is 1.97. The normalized spacial score (nSPS) is 12.5. The molecule has 0 fully saturated rings. The molecule has 1 unspecified atom stereocenters. The van der Waals surface area contributed by atoms with Crippen LogP contribution in [-0.2, 0) is 6.42 Å². The maximum atomic E-state index is 13.3. The molecule has 0 saturated heterocycles. The van der Waals surface area contributed by atoms with E-state index in [2.05, 4.69) is 32.0 Å². The number of aromatic nitrogens is 4. The van der Waals surface area contributed by atoms with Gasteiger partial charge in [0.05, 0.1) is 11.6 Å². The van der Waals surface area contributed by atoms with Gasteiger partial charge in [0.15, 0.2) is 5.65 Å². The van der Waals surface area contributed by atoms with E-state index in [0.29, 0.717) is 5.65 Å². The van der Waals surface area contributed by atoms with Crippen LogP contribution in [0.15, 0.2) is 36.8 Å². The van der Waals surface area contributed by atoms with Crippen molar-refractivity contribution in [3.63, 3.8) is 0 Å². The molecule has 1 aromatic carbocycles. The van der Waals surface area contributed by atoms with Gasteiger partial charge in [-0.15, -0.1) is 0 Å². The lowest BCUT2D eigenvalue weighted by Crippen LogP contribution is -2.31. The Morgan fingerprint density at radius 1 is 1.33 bits per heavy atom. The molecule has 0 aliphatic rings. The second-order valence-corrected chi connectivity index (χ2v) is 5.12. The third-order valence-electron chi connectivity index (χ3n) is 3.64. The third-order valence-corrected chi connectivity index (χ3v) is 3.64. The molecule has 1 N–H and O–H groups in total. The number of likely N-dealkylation sites (N-methyl/N-ethyl adjacent to an activating group) is 1. The predicted octanol–water partition coefficient (Wildman–Crippen LogP) is 2.56. The van der Waals surface area contributed by atoms with Gasteiger partial charge in [-0.3, -0.25) is 5.10 Å². The fraction of sp³-hybridized carbons (Fsp3) is 0.267. The van der Waals surface area contributed by atoms with E-state index >= 15 is 0 Å². The number of hydrogen-bond acceptors (Lipinski definition) is 4. The van der Waals surface area contributed by atoms with Gasteiger partial charge in [-0.1, -0.05) is 12.1 Å². The van der Waals surface area contributed by atoms with Crippen LogP contribution in [-0.4, -0.2) is 33.3 Å². The highest BCUT2D eigenvalue weighted by Gasteiger charge is 2.16. The van der Waals surface area contributed by atoms with Gasteiger partial charge >= 0.3 is 0 Å². The molecule has 0 spiro atoms. The molecule has 0 aliphatic heterocycles. The van der Waals surface area contributed by atoms with E-state index < -0.39 is 0 Å². The van der Waals surface area contributed by atoms with Crippen molar-refractivity contribution in [3.8, 4) is 0 Å². The Morgan fingerprint density at radius 2 is 2.19 bits per heavy atom. The van der Waals surface area contributed by atoms with E-state index in [1.807, 2.05) is 13.1 Å². The van der Waals surface area contributed by atoms with Crippen LogP contribution in [0.1, 0.15) is 12.5 Å². The summed E-state index contributed by atoms with van der Waals surface area (Å²) in [5.41, 5.74) is 1.68. The fourth-order valence-corrected chi connectivity index (χ4v) is 2.38. The van der Waals surface area contributed by atoms with Crippen molar-refractivity contribution < 1.29 is 4.39 Å². The van der Waals surface area contributed by atoms with E-state index in [4.69, 9.17) is 0 Å². The first-order valence-electron chi connectivity index (χ1n) is 6.76. The number of halogens is 1. The highest BCUT2D eigenvalue weighted by molar-refractivity contribution is 5.86. The molecule has 108 valence electrons. The van der Waals surface area contributed by atoms with Crippen LogP contribution in [0.4, 0.5) is 10.2 Å². The molecule has 5 nitrogen and oxygen atoms in total. The summed E-state index contributed by atoms with van der Waals surface area (Å²) < 4.78 is 13.3. The average Bonchev–Trinajstić information content (AvgIpc) is 2.94. The molecule has 1 atom stereocenters. The summed E-state index contributed by atoms with van der Waals surface area (Å²) in [6.45, 7) is 2.08. The topological polar surface area (TPSA) is 57.7 Å². The first kappa shape index (κ1) is 13.5. The largest absolute Gasteiger partial charge is 0.356 e. The van der Waals surface area contributed by atoms with Crippen molar-refractivity contribution >= 4 is 16.9 Å². The van der Waals surface area contributed by atoms with Gasteiger partial charge in [0, 0.05) is 13.1 Å². The summed E-state index contributed by atoms with van der Waals surface area (Å²) in [5.74, 6) is 0.610. The van der Waals surface area contributed by atoms with Crippen molar-refractivity contribution in [2.24, 2.45) is 0 Å². The van der Waals surface area contributed by atoms with Crippen LogP contribution in [0.5, 0.6) is 0 Å². The quantitative estimate of drug-likeness (QED) is 0.800. The standard InChI is InChI=1S/C15H16FN5/c1-10(6-11-4-3-5-12(16)7-11)21(2)15-13-8-19-20-14(13)17-9-18-15/h3-5,7-10H,6H2,1-2H3,(H,17,18,19,20). The van der Waals surface area contributed by atoms with Gasteiger partial charge in [0.1, 0.15) is 18.0 Å². The maximum Gasteiger partial charge on any atom is 0.160 e. The highest BCUT2D eigenvalue weighted by atomic mass is 19.1. The lowest BCUT2D eigenvalue weighted by atomic mass is 10.1. The Morgan fingerprint density at radius 3 is 3.00 bits per heavy atom. The van der Waals surface area contributed by atoms with E-state index in [1.165, 1.54) is 12.4 Å². The number of H-pyrrole nitrogens is 1. The molecule has 2 aromatic heterocycles. The summed E-state index contributed by atoms with van der Waals surface area (Å²) in [5, 5.41) is 7.71. The number of fused-ring (bicyclic) bond motifs is 1. The van der Waals surface area contributed by atoms with Crippen LogP contribution < -0.4 is 4.90 Å². The number of benzene rings is 1. The van der Waals surface area contributed by atoms with E-state index in [9.17, 15) is 4.39 Å². The highest BCUT2D eigenvalue weighted by Crippen LogP contribution is 2.22. The molecule has 3 aromatic rings. The number of nitrogens with one attached hydrogen (secondary N) is 1. The van der Waals surface area contributed by atoms with Crippen LogP contribution >= 0.6 is 0 Å². The first-order chi connectivity index (χ1) is 10.1. The summed E-state index contributed by atoms with van der Waals surface area (Å²) in [6.07, 6.45) is 3.97. The van der Waals surface area contributed by atoms with Gasteiger partial charge in [-0.25, -0.2) is 14.4 Å². The maximum absolute atomic E-state index is 13.3. The molecule has 3 rings (SSSR count). The van der Waals surface area contributed by atoms with Gasteiger partial charge in [0.2, 0.25) is 0 Å². The second kappa shape index (κ2) is 5.47. The van der Waals surface area contributed by atoms with Crippen molar-refractivity contribution in [1.82, 2.24) is 20.2 Å². The zero-order valence-electron chi connectivity index (χ0n) is 11.9. The van der Waals surface area contributed by atoms with Gasteiger partial charge < -0.3 is 4.90 Å². The number of hydrogen-bond donors (Lipinski definition) is 1. The van der Waals surface area contributed by atoms with Gasteiger partial charge in [-0.05, 0) is 31.0 Å². The van der Waals surface area contributed by atoms with Crippen LogP contribution in [0.2, 0.25) is 0 Å². The minimum absolute atomic E-state index is 0.166. The molecule has 0 bridgehead atoms. The zero-order valence-corrected chi connectivity index (χ0v) is 11.9. The SMILES string of the molecule is CC(Cc1cccc(F)c1)N(C)c1ncnc2[nH]ncc12. The summed E-state index contributed by atoms with van der Waals surface area (Å²) in [6, 6.07) is 6.85.